The fourth-order valence-electron chi connectivity index (χ4n) is 2.79. The van der Waals surface area contributed by atoms with E-state index in [1.54, 1.807) is 14.1 Å². The Morgan fingerprint density at radius 3 is 2.64 bits per heavy atom. The van der Waals surface area contributed by atoms with Gasteiger partial charge in [-0.05, 0) is 31.0 Å². The summed E-state index contributed by atoms with van der Waals surface area (Å²) >= 11 is 6.07. The first-order chi connectivity index (χ1) is 11.7. The van der Waals surface area contributed by atoms with E-state index >= 15 is 0 Å². The molecule has 1 aromatic rings. The molecule has 1 amide bonds. The van der Waals surface area contributed by atoms with Gasteiger partial charge in [0, 0.05) is 31.7 Å². The van der Waals surface area contributed by atoms with Crippen molar-refractivity contribution in [2.75, 3.05) is 34.3 Å². The predicted octanol–water partition coefficient (Wildman–Crippen LogP) is 1.33. The van der Waals surface area contributed by atoms with E-state index in [9.17, 15) is 13.2 Å². The number of piperidine rings is 1. The Bertz CT molecular complexity index is 752. The van der Waals surface area contributed by atoms with Crippen molar-refractivity contribution in [2.45, 2.75) is 24.3 Å². The molecule has 2 atom stereocenters. The number of hydrogen-bond donors (Lipinski definition) is 2. The third-order valence-electron chi connectivity index (χ3n) is 4.28. The molecule has 0 bridgehead atoms. The molecule has 0 saturated carbocycles. The summed E-state index contributed by atoms with van der Waals surface area (Å²) in [5.41, 5.74) is 0.107. The molecule has 9 heteroatoms. The Kier molecular flexibility index (Phi) is 6.31. The second-order valence-corrected chi connectivity index (χ2v) is 8.50. The molecule has 2 N–H and O–H groups in total. The number of benzene rings is 1. The van der Waals surface area contributed by atoms with Crippen molar-refractivity contribution < 1.29 is 17.9 Å². The molecular formula is C16H24ClN3O4S. The molecule has 1 aliphatic rings. The molecule has 1 aromatic carbocycles. The van der Waals surface area contributed by atoms with E-state index in [1.807, 2.05) is 6.92 Å². The van der Waals surface area contributed by atoms with Gasteiger partial charge in [-0.1, -0.05) is 18.5 Å². The zero-order chi connectivity index (χ0) is 18.8. The van der Waals surface area contributed by atoms with Crippen LogP contribution >= 0.6 is 11.6 Å². The Morgan fingerprint density at radius 2 is 2.08 bits per heavy atom. The fraction of sp³-hybridized carbons (Fsp3) is 0.562. The number of halogens is 1. The Morgan fingerprint density at radius 1 is 1.40 bits per heavy atom. The minimum absolute atomic E-state index is 0.00739. The van der Waals surface area contributed by atoms with Crippen LogP contribution in [0, 0.1) is 5.92 Å². The predicted molar refractivity (Wildman–Crippen MR) is 96.8 cm³/mol. The summed E-state index contributed by atoms with van der Waals surface area (Å²) in [6.45, 7) is 3.42. The van der Waals surface area contributed by atoms with Crippen LogP contribution in [0.2, 0.25) is 5.02 Å². The molecular weight excluding hydrogens is 366 g/mol. The fourth-order valence-corrected chi connectivity index (χ4v) is 4.63. The number of ether oxygens (including phenoxy) is 1. The van der Waals surface area contributed by atoms with Crippen LogP contribution in [0.5, 0.6) is 5.75 Å². The molecule has 0 spiro atoms. The second kappa shape index (κ2) is 7.90. The molecule has 1 heterocycles. The summed E-state index contributed by atoms with van der Waals surface area (Å²) in [5.74, 6) is -0.195. The first-order valence-corrected chi connectivity index (χ1v) is 9.85. The quantitative estimate of drug-likeness (QED) is 0.793. The van der Waals surface area contributed by atoms with Gasteiger partial charge in [0.1, 0.15) is 4.90 Å². The van der Waals surface area contributed by atoms with Gasteiger partial charge in [-0.25, -0.2) is 13.1 Å². The van der Waals surface area contributed by atoms with Crippen molar-refractivity contribution in [3.8, 4) is 5.75 Å². The van der Waals surface area contributed by atoms with Gasteiger partial charge < -0.3 is 15.0 Å². The molecule has 1 fully saturated rings. The number of rotatable bonds is 5. The van der Waals surface area contributed by atoms with E-state index in [1.165, 1.54) is 24.1 Å². The standard InChI is InChI=1S/C16H24ClN3O4S/c1-10-5-6-18-9-13(10)19-25(22,23)14-8-11(17)7-12(15(14)24-4)16(21)20(2)3/h7-8,10,13,18-19H,5-6,9H2,1-4H3. The second-order valence-electron chi connectivity index (χ2n) is 6.38. The van der Waals surface area contributed by atoms with Crippen molar-refractivity contribution in [1.29, 1.82) is 0 Å². The lowest BCUT2D eigenvalue weighted by atomic mass is 9.96. The van der Waals surface area contributed by atoms with E-state index in [0.717, 1.165) is 13.0 Å². The van der Waals surface area contributed by atoms with E-state index in [-0.39, 0.29) is 39.1 Å². The summed E-state index contributed by atoms with van der Waals surface area (Å²) in [6.07, 6.45) is 0.879. The number of nitrogens with zero attached hydrogens (tertiary/aromatic N) is 1. The highest BCUT2D eigenvalue weighted by Crippen LogP contribution is 2.33. The van der Waals surface area contributed by atoms with Crippen molar-refractivity contribution >= 4 is 27.5 Å². The zero-order valence-electron chi connectivity index (χ0n) is 14.8. The van der Waals surface area contributed by atoms with Gasteiger partial charge in [-0.2, -0.15) is 0 Å². The van der Waals surface area contributed by atoms with E-state index in [0.29, 0.717) is 6.54 Å². The number of methoxy groups -OCH3 is 1. The van der Waals surface area contributed by atoms with Gasteiger partial charge in [-0.15, -0.1) is 0 Å². The third kappa shape index (κ3) is 4.44. The monoisotopic (exact) mass is 389 g/mol. The largest absolute Gasteiger partial charge is 0.494 e. The molecule has 25 heavy (non-hydrogen) atoms. The first kappa shape index (κ1) is 20.0. The maximum atomic E-state index is 12.9. The van der Waals surface area contributed by atoms with Crippen LogP contribution in [-0.2, 0) is 10.0 Å². The van der Waals surface area contributed by atoms with E-state index in [4.69, 9.17) is 16.3 Å². The lowest BCUT2D eigenvalue weighted by Crippen LogP contribution is -2.50. The third-order valence-corrected chi connectivity index (χ3v) is 6.00. The van der Waals surface area contributed by atoms with Gasteiger partial charge >= 0.3 is 0 Å². The highest BCUT2D eigenvalue weighted by molar-refractivity contribution is 7.89. The first-order valence-electron chi connectivity index (χ1n) is 7.99. The van der Waals surface area contributed by atoms with Gasteiger partial charge in [0.05, 0.1) is 12.7 Å². The summed E-state index contributed by atoms with van der Waals surface area (Å²) in [4.78, 5) is 13.6. The van der Waals surface area contributed by atoms with Crippen LogP contribution in [0.3, 0.4) is 0 Å². The molecule has 2 unspecified atom stereocenters. The molecule has 1 aliphatic heterocycles. The summed E-state index contributed by atoms with van der Waals surface area (Å²) in [6, 6.07) is 2.47. The summed E-state index contributed by atoms with van der Waals surface area (Å²) < 4.78 is 33.8. The molecule has 0 aromatic heterocycles. The van der Waals surface area contributed by atoms with Gasteiger partial charge in [0.25, 0.3) is 5.91 Å². The highest BCUT2D eigenvalue weighted by Gasteiger charge is 2.31. The normalized spacial score (nSPS) is 21.0. The number of hydrogen-bond acceptors (Lipinski definition) is 5. The molecule has 0 radical (unpaired) electrons. The smallest absolute Gasteiger partial charge is 0.257 e. The van der Waals surface area contributed by atoms with Crippen LogP contribution in [0.25, 0.3) is 0 Å². The minimum atomic E-state index is -3.91. The summed E-state index contributed by atoms with van der Waals surface area (Å²) in [5, 5.41) is 3.33. The Labute approximate surface area is 153 Å². The van der Waals surface area contributed by atoms with Crippen LogP contribution in [0.4, 0.5) is 0 Å². The topological polar surface area (TPSA) is 87.7 Å². The zero-order valence-corrected chi connectivity index (χ0v) is 16.4. The maximum absolute atomic E-state index is 12.9. The average Bonchev–Trinajstić information content (AvgIpc) is 2.55. The Hall–Kier alpha value is -1.35. The van der Waals surface area contributed by atoms with Crippen molar-refractivity contribution in [3.63, 3.8) is 0 Å². The SMILES string of the molecule is COc1c(C(=O)N(C)C)cc(Cl)cc1S(=O)(=O)NC1CNCCC1C. The van der Waals surface area contributed by atoms with Gasteiger partial charge in [0.15, 0.2) is 5.75 Å². The highest BCUT2D eigenvalue weighted by atomic mass is 35.5. The number of sulfonamides is 1. The van der Waals surface area contributed by atoms with Crippen LogP contribution in [0.15, 0.2) is 17.0 Å². The average molecular weight is 390 g/mol. The number of nitrogens with one attached hydrogen (secondary N) is 2. The van der Waals surface area contributed by atoms with Crippen LogP contribution in [-0.4, -0.2) is 59.6 Å². The van der Waals surface area contributed by atoms with Crippen molar-refractivity contribution in [2.24, 2.45) is 5.92 Å². The minimum Gasteiger partial charge on any atom is -0.494 e. The molecule has 2 rings (SSSR count). The molecule has 1 saturated heterocycles. The number of carbonyl (C=O) groups is 1. The van der Waals surface area contributed by atoms with Gasteiger partial charge in [-0.3, -0.25) is 4.79 Å². The van der Waals surface area contributed by atoms with Crippen molar-refractivity contribution in [3.05, 3.63) is 22.7 Å². The van der Waals surface area contributed by atoms with Crippen LogP contribution in [0.1, 0.15) is 23.7 Å². The molecule has 0 aliphatic carbocycles. The Balaban J connectivity index is 2.47. The maximum Gasteiger partial charge on any atom is 0.257 e. The number of amides is 1. The van der Waals surface area contributed by atoms with Crippen molar-refractivity contribution in [1.82, 2.24) is 14.9 Å². The molecule has 140 valence electrons. The lowest BCUT2D eigenvalue weighted by molar-refractivity contribution is 0.0824. The van der Waals surface area contributed by atoms with Crippen LogP contribution < -0.4 is 14.8 Å². The van der Waals surface area contributed by atoms with E-state index in [2.05, 4.69) is 10.0 Å². The van der Waals surface area contributed by atoms with E-state index < -0.39 is 10.0 Å². The summed E-state index contributed by atoms with van der Waals surface area (Å²) in [7, 11) is 0.571. The molecule has 7 nitrogen and oxygen atoms in total. The van der Waals surface area contributed by atoms with Gasteiger partial charge in [0.2, 0.25) is 10.0 Å². The number of carbonyl (C=O) groups excluding carboxylic acids is 1. The lowest BCUT2D eigenvalue weighted by Gasteiger charge is -2.30.